The monoisotopic (exact) mass is 290 g/mol. The molecule has 0 radical (unpaired) electrons. The Bertz CT molecular complexity index is 454. The standard InChI is InChI=1S/C17H26N2O2/c1-15-5-3-6-16(13-15)14-17(20)19-10-8-18(9-11-19)7-4-12-21-2/h3,5-6,13H,4,7-12,14H2,1-2H3. The van der Waals surface area contributed by atoms with Crippen molar-refractivity contribution in [3.05, 3.63) is 35.4 Å². The van der Waals surface area contributed by atoms with Gasteiger partial charge in [-0.3, -0.25) is 9.69 Å². The van der Waals surface area contributed by atoms with Gasteiger partial charge in [-0.2, -0.15) is 0 Å². The number of hydrogen-bond acceptors (Lipinski definition) is 3. The van der Waals surface area contributed by atoms with Crippen LogP contribution in [-0.4, -0.2) is 62.1 Å². The van der Waals surface area contributed by atoms with E-state index in [0.29, 0.717) is 6.42 Å². The fourth-order valence-electron chi connectivity index (χ4n) is 2.76. The Morgan fingerprint density at radius 3 is 2.67 bits per heavy atom. The van der Waals surface area contributed by atoms with Crippen molar-refractivity contribution in [3.63, 3.8) is 0 Å². The van der Waals surface area contributed by atoms with E-state index in [0.717, 1.165) is 51.3 Å². The highest BCUT2D eigenvalue weighted by Gasteiger charge is 2.20. The first-order valence-electron chi connectivity index (χ1n) is 7.73. The second kappa shape index (κ2) is 8.15. The van der Waals surface area contributed by atoms with Crippen LogP contribution in [0.25, 0.3) is 0 Å². The number of aryl methyl sites for hydroxylation is 1. The molecule has 1 aliphatic rings. The lowest BCUT2D eigenvalue weighted by Crippen LogP contribution is -2.49. The van der Waals surface area contributed by atoms with Gasteiger partial charge in [-0.1, -0.05) is 29.8 Å². The van der Waals surface area contributed by atoms with Crippen LogP contribution in [0.5, 0.6) is 0 Å². The van der Waals surface area contributed by atoms with Gasteiger partial charge in [-0.15, -0.1) is 0 Å². The summed E-state index contributed by atoms with van der Waals surface area (Å²) in [6.07, 6.45) is 1.58. The predicted octanol–water partition coefficient (Wildman–Crippen LogP) is 1.72. The van der Waals surface area contributed by atoms with Gasteiger partial charge >= 0.3 is 0 Å². The molecule has 21 heavy (non-hydrogen) atoms. The summed E-state index contributed by atoms with van der Waals surface area (Å²) in [5.74, 6) is 0.247. The zero-order valence-electron chi connectivity index (χ0n) is 13.2. The largest absolute Gasteiger partial charge is 0.385 e. The van der Waals surface area contributed by atoms with Gasteiger partial charge in [-0.05, 0) is 18.9 Å². The first-order valence-corrected chi connectivity index (χ1v) is 7.73. The molecule has 1 fully saturated rings. The van der Waals surface area contributed by atoms with Crippen LogP contribution in [0.1, 0.15) is 17.5 Å². The molecule has 1 aromatic carbocycles. The van der Waals surface area contributed by atoms with Gasteiger partial charge in [0, 0.05) is 46.4 Å². The predicted molar refractivity (Wildman–Crippen MR) is 84.4 cm³/mol. The number of carbonyl (C=O) groups excluding carboxylic acids is 1. The third-order valence-corrected chi connectivity index (χ3v) is 3.99. The fourth-order valence-corrected chi connectivity index (χ4v) is 2.76. The minimum absolute atomic E-state index is 0.247. The molecule has 116 valence electrons. The molecule has 1 aromatic rings. The van der Waals surface area contributed by atoms with Crippen molar-refractivity contribution in [3.8, 4) is 0 Å². The first kappa shape index (κ1) is 16.0. The number of methoxy groups -OCH3 is 1. The van der Waals surface area contributed by atoms with Crippen LogP contribution in [0, 0.1) is 6.92 Å². The van der Waals surface area contributed by atoms with Crippen molar-refractivity contribution in [1.29, 1.82) is 0 Å². The van der Waals surface area contributed by atoms with E-state index < -0.39 is 0 Å². The van der Waals surface area contributed by atoms with E-state index in [9.17, 15) is 4.79 Å². The highest BCUT2D eigenvalue weighted by molar-refractivity contribution is 5.78. The number of nitrogens with zero attached hydrogens (tertiary/aromatic N) is 2. The van der Waals surface area contributed by atoms with E-state index in [1.54, 1.807) is 7.11 Å². The van der Waals surface area contributed by atoms with Crippen molar-refractivity contribution in [2.45, 2.75) is 19.8 Å². The number of rotatable bonds is 6. The maximum Gasteiger partial charge on any atom is 0.227 e. The smallest absolute Gasteiger partial charge is 0.227 e. The summed E-state index contributed by atoms with van der Waals surface area (Å²) < 4.78 is 5.08. The van der Waals surface area contributed by atoms with Crippen molar-refractivity contribution in [2.75, 3.05) is 46.4 Å². The quantitative estimate of drug-likeness (QED) is 0.748. The summed E-state index contributed by atoms with van der Waals surface area (Å²) >= 11 is 0. The van der Waals surface area contributed by atoms with E-state index >= 15 is 0 Å². The molecule has 4 nitrogen and oxygen atoms in total. The normalized spacial score (nSPS) is 16.2. The summed E-state index contributed by atoms with van der Waals surface area (Å²) in [6.45, 7) is 7.58. The molecule has 0 aromatic heterocycles. The Morgan fingerprint density at radius 1 is 1.24 bits per heavy atom. The molecule has 4 heteroatoms. The van der Waals surface area contributed by atoms with Crippen LogP contribution in [0.15, 0.2) is 24.3 Å². The average molecular weight is 290 g/mol. The lowest BCUT2D eigenvalue weighted by Gasteiger charge is -2.34. The van der Waals surface area contributed by atoms with Gasteiger partial charge in [-0.25, -0.2) is 0 Å². The lowest BCUT2D eigenvalue weighted by molar-refractivity contribution is -0.132. The van der Waals surface area contributed by atoms with E-state index in [1.807, 2.05) is 17.0 Å². The zero-order valence-corrected chi connectivity index (χ0v) is 13.2. The van der Waals surface area contributed by atoms with Crippen LogP contribution in [-0.2, 0) is 16.0 Å². The molecular formula is C17H26N2O2. The fraction of sp³-hybridized carbons (Fsp3) is 0.588. The van der Waals surface area contributed by atoms with Crippen LogP contribution >= 0.6 is 0 Å². The van der Waals surface area contributed by atoms with Gasteiger partial charge in [0.05, 0.1) is 6.42 Å². The number of amides is 1. The first-order chi connectivity index (χ1) is 10.2. The molecule has 0 atom stereocenters. The Hall–Kier alpha value is -1.39. The second-order valence-corrected chi connectivity index (χ2v) is 5.73. The minimum atomic E-state index is 0.247. The van der Waals surface area contributed by atoms with Crippen LogP contribution in [0.2, 0.25) is 0 Å². The Kier molecular flexibility index (Phi) is 6.21. The Labute approximate surface area is 127 Å². The molecule has 0 saturated carbocycles. The molecule has 1 saturated heterocycles. The van der Waals surface area contributed by atoms with Crippen LogP contribution < -0.4 is 0 Å². The topological polar surface area (TPSA) is 32.8 Å². The third kappa shape index (κ3) is 5.14. The maximum atomic E-state index is 12.3. The van der Waals surface area contributed by atoms with E-state index in [2.05, 4.69) is 24.0 Å². The third-order valence-electron chi connectivity index (χ3n) is 3.99. The molecule has 1 amide bonds. The van der Waals surface area contributed by atoms with Crippen molar-refractivity contribution in [2.24, 2.45) is 0 Å². The van der Waals surface area contributed by atoms with Gasteiger partial charge in [0.2, 0.25) is 5.91 Å². The Morgan fingerprint density at radius 2 is 2.00 bits per heavy atom. The summed E-state index contributed by atoms with van der Waals surface area (Å²) in [5.41, 5.74) is 2.32. The molecule has 0 bridgehead atoms. The second-order valence-electron chi connectivity index (χ2n) is 5.73. The zero-order chi connectivity index (χ0) is 15.1. The molecule has 1 aliphatic heterocycles. The Balaban J connectivity index is 1.75. The average Bonchev–Trinajstić information content (AvgIpc) is 2.48. The highest BCUT2D eigenvalue weighted by Crippen LogP contribution is 2.09. The lowest BCUT2D eigenvalue weighted by atomic mass is 10.1. The molecule has 0 unspecified atom stereocenters. The van der Waals surface area contributed by atoms with Gasteiger partial charge < -0.3 is 9.64 Å². The number of ether oxygens (including phenoxy) is 1. The minimum Gasteiger partial charge on any atom is -0.385 e. The van der Waals surface area contributed by atoms with E-state index in [4.69, 9.17) is 4.74 Å². The molecule has 1 heterocycles. The molecule has 0 spiro atoms. The van der Waals surface area contributed by atoms with Gasteiger partial charge in [0.25, 0.3) is 0 Å². The van der Waals surface area contributed by atoms with Crippen molar-refractivity contribution >= 4 is 5.91 Å². The number of carbonyl (C=O) groups is 1. The van der Waals surface area contributed by atoms with E-state index in [-0.39, 0.29) is 5.91 Å². The number of piperazine rings is 1. The summed E-state index contributed by atoms with van der Waals surface area (Å²) in [5, 5.41) is 0. The SMILES string of the molecule is COCCCN1CCN(C(=O)Cc2cccc(C)c2)CC1. The van der Waals surface area contributed by atoms with Gasteiger partial charge in [0.15, 0.2) is 0 Å². The summed E-state index contributed by atoms with van der Waals surface area (Å²) in [6, 6.07) is 8.21. The summed E-state index contributed by atoms with van der Waals surface area (Å²) in [7, 11) is 1.74. The summed E-state index contributed by atoms with van der Waals surface area (Å²) in [4.78, 5) is 16.7. The van der Waals surface area contributed by atoms with E-state index in [1.165, 1.54) is 5.56 Å². The molecular weight excluding hydrogens is 264 g/mol. The number of hydrogen-bond donors (Lipinski definition) is 0. The van der Waals surface area contributed by atoms with Crippen LogP contribution in [0.3, 0.4) is 0 Å². The maximum absolute atomic E-state index is 12.3. The highest BCUT2D eigenvalue weighted by atomic mass is 16.5. The molecule has 0 aliphatic carbocycles. The number of benzene rings is 1. The molecule has 0 N–H and O–H groups in total. The van der Waals surface area contributed by atoms with Crippen LogP contribution in [0.4, 0.5) is 0 Å². The van der Waals surface area contributed by atoms with Crippen molar-refractivity contribution in [1.82, 2.24) is 9.80 Å². The van der Waals surface area contributed by atoms with Crippen molar-refractivity contribution < 1.29 is 9.53 Å². The molecule has 2 rings (SSSR count). The van der Waals surface area contributed by atoms with Gasteiger partial charge in [0.1, 0.15) is 0 Å².